The fourth-order valence-electron chi connectivity index (χ4n) is 4.56. The van der Waals surface area contributed by atoms with Crippen molar-refractivity contribution >= 4 is 32.6 Å². The molecule has 2 aromatic heterocycles. The number of hydrogen-bond donors (Lipinski definition) is 2. The Bertz CT molecular complexity index is 1830. The molecule has 2 heterocycles. The number of fused-ring (bicyclic) bond motifs is 1. The lowest BCUT2D eigenvalue weighted by Crippen LogP contribution is -2.04. The summed E-state index contributed by atoms with van der Waals surface area (Å²) in [6, 6.07) is 11.5. The molecule has 2 atom stereocenters. The number of rotatable bonds is 8. The summed E-state index contributed by atoms with van der Waals surface area (Å²) in [5.41, 5.74) is 1.65. The molecule has 0 aliphatic heterocycles. The fraction of sp³-hybridized carbons (Fsp3) is 0.138. The van der Waals surface area contributed by atoms with Crippen LogP contribution >= 0.6 is 0 Å². The van der Waals surface area contributed by atoms with Gasteiger partial charge in [-0.15, -0.1) is 0 Å². The van der Waals surface area contributed by atoms with Gasteiger partial charge in [0, 0.05) is 53.7 Å². The maximum Gasteiger partial charge on any atom is 0.179 e. The Balaban J connectivity index is 1.51. The van der Waals surface area contributed by atoms with Gasteiger partial charge in [0.05, 0.1) is 10.5 Å². The number of benzene rings is 3. The smallest absolute Gasteiger partial charge is 0.179 e. The second-order valence-electron chi connectivity index (χ2n) is 9.30. The van der Waals surface area contributed by atoms with Gasteiger partial charge >= 0.3 is 0 Å². The van der Waals surface area contributed by atoms with Gasteiger partial charge < -0.3 is 19.5 Å². The van der Waals surface area contributed by atoms with Crippen LogP contribution in [0, 0.1) is 17.5 Å². The largest absolute Gasteiger partial charge is 0.453 e. The van der Waals surface area contributed by atoms with Crippen LogP contribution in [-0.4, -0.2) is 37.6 Å². The quantitative estimate of drug-likeness (QED) is 0.173. The summed E-state index contributed by atoms with van der Waals surface area (Å²) in [5, 5.41) is 0.505. The topological polar surface area (TPSA) is 87.8 Å². The van der Waals surface area contributed by atoms with Gasteiger partial charge in [-0.2, -0.15) is 0 Å². The van der Waals surface area contributed by atoms with Crippen LogP contribution in [0.1, 0.15) is 29.7 Å². The monoisotopic (exact) mass is 551 g/mol. The molecule has 0 saturated heterocycles. The van der Waals surface area contributed by atoms with Crippen LogP contribution in [0.25, 0.3) is 22.3 Å². The minimum Gasteiger partial charge on any atom is -0.453 e. The second kappa shape index (κ2) is 10.1. The van der Waals surface area contributed by atoms with Crippen LogP contribution in [-0.2, 0) is 20.7 Å². The molecule has 0 spiro atoms. The molecule has 0 amide bonds. The highest BCUT2D eigenvalue weighted by Gasteiger charge is 2.23. The molecule has 39 heavy (non-hydrogen) atoms. The van der Waals surface area contributed by atoms with Crippen molar-refractivity contribution in [1.29, 1.82) is 0 Å². The van der Waals surface area contributed by atoms with Gasteiger partial charge in [-0.25, -0.2) is 18.2 Å². The lowest BCUT2D eigenvalue weighted by atomic mass is 9.95. The number of nitrogens with one attached hydrogen (secondary N) is 2. The molecule has 5 rings (SSSR count). The molecular weight excluding hydrogens is 527 g/mol. The van der Waals surface area contributed by atoms with Crippen molar-refractivity contribution in [2.45, 2.75) is 24.2 Å². The van der Waals surface area contributed by atoms with E-state index in [9.17, 15) is 17.8 Å². The third-order valence-electron chi connectivity index (χ3n) is 6.50. The maximum atomic E-state index is 15.1. The molecule has 0 fully saturated rings. The van der Waals surface area contributed by atoms with Crippen molar-refractivity contribution in [3.05, 3.63) is 95.2 Å². The zero-order valence-electron chi connectivity index (χ0n) is 21.1. The molecule has 2 N–H and O–H groups in total. The summed E-state index contributed by atoms with van der Waals surface area (Å²) in [5.74, 6) is 1.36. The standard InChI is InChI=1S/C29H24F3N3O3S/c1-16(19-6-4-5-17(10-12-36)26(19)32)25-15-34-29(35-25)21-13-18(7-8-22(21)30)38-27-23(31)14-24-20(9-11-33-24)28(27)39(2,3)37/h4-9,11-16,33H,2,10H2,1,3H3,(H,34,35). The normalized spacial score (nSPS) is 13.8. The van der Waals surface area contributed by atoms with E-state index in [1.807, 2.05) is 0 Å². The number of hydrogen-bond acceptors (Lipinski definition) is 4. The Morgan fingerprint density at radius 2 is 1.92 bits per heavy atom. The Morgan fingerprint density at radius 3 is 2.67 bits per heavy atom. The zero-order chi connectivity index (χ0) is 27.9. The molecule has 0 radical (unpaired) electrons. The van der Waals surface area contributed by atoms with Crippen molar-refractivity contribution in [3.8, 4) is 22.9 Å². The molecule has 10 heteroatoms. The number of ether oxygens (including phenoxy) is 1. The van der Waals surface area contributed by atoms with E-state index < -0.39 is 32.9 Å². The Labute approximate surface area is 222 Å². The van der Waals surface area contributed by atoms with Gasteiger partial charge in [0.15, 0.2) is 11.6 Å². The molecule has 2 unspecified atom stereocenters. The van der Waals surface area contributed by atoms with Crippen molar-refractivity contribution in [2.24, 2.45) is 0 Å². The van der Waals surface area contributed by atoms with E-state index in [0.717, 1.165) is 6.07 Å². The van der Waals surface area contributed by atoms with Crippen LogP contribution in [0.5, 0.6) is 11.5 Å². The van der Waals surface area contributed by atoms with Crippen molar-refractivity contribution < 1.29 is 26.9 Å². The van der Waals surface area contributed by atoms with Gasteiger partial charge in [-0.1, -0.05) is 25.1 Å². The summed E-state index contributed by atoms with van der Waals surface area (Å²) in [4.78, 5) is 21.2. The van der Waals surface area contributed by atoms with Gasteiger partial charge in [0.2, 0.25) is 0 Å². The summed E-state index contributed by atoms with van der Waals surface area (Å²) < 4.78 is 63.8. The Morgan fingerprint density at radius 1 is 1.13 bits per heavy atom. The number of aromatic nitrogens is 3. The lowest BCUT2D eigenvalue weighted by molar-refractivity contribution is -0.107. The van der Waals surface area contributed by atoms with Crippen LogP contribution in [0.15, 0.2) is 65.8 Å². The van der Waals surface area contributed by atoms with Crippen molar-refractivity contribution in [3.63, 3.8) is 0 Å². The third kappa shape index (κ3) is 4.95. The van der Waals surface area contributed by atoms with Gasteiger partial charge in [-0.3, -0.25) is 4.21 Å². The Hall–Kier alpha value is -4.31. The number of nitrogens with zero attached hydrogens (tertiary/aromatic N) is 1. The van der Waals surface area contributed by atoms with Crippen LogP contribution < -0.4 is 4.74 Å². The number of aromatic amines is 2. The highest BCUT2D eigenvalue weighted by molar-refractivity contribution is 8.00. The van der Waals surface area contributed by atoms with E-state index in [1.54, 1.807) is 37.4 Å². The maximum absolute atomic E-state index is 15.1. The van der Waals surface area contributed by atoms with Gasteiger partial charge in [0.25, 0.3) is 0 Å². The van der Waals surface area contributed by atoms with E-state index in [1.165, 1.54) is 30.7 Å². The van der Waals surface area contributed by atoms with E-state index in [0.29, 0.717) is 28.4 Å². The summed E-state index contributed by atoms with van der Waals surface area (Å²) in [6.45, 7) is 1.76. The number of halogens is 3. The minimum absolute atomic E-state index is 0.0395. The third-order valence-corrected chi connectivity index (χ3v) is 7.77. The second-order valence-corrected chi connectivity index (χ2v) is 11.7. The predicted molar refractivity (Wildman–Crippen MR) is 145 cm³/mol. The van der Waals surface area contributed by atoms with Gasteiger partial charge in [0.1, 0.15) is 29.5 Å². The molecule has 0 aliphatic rings. The minimum atomic E-state index is -2.91. The SMILES string of the molecule is C=S(C)(=O)c1c(Oc2ccc(F)c(-c3ncc(C(C)c4cccc(CC=O)c4F)[nH]3)c2)c(F)cc2[nH]ccc12. The first-order chi connectivity index (χ1) is 18.6. The molecule has 0 aliphatic carbocycles. The van der Waals surface area contributed by atoms with Crippen molar-refractivity contribution in [2.75, 3.05) is 6.26 Å². The first kappa shape index (κ1) is 26.3. The first-order valence-electron chi connectivity index (χ1n) is 11.9. The van der Waals surface area contributed by atoms with E-state index >= 15 is 4.39 Å². The summed E-state index contributed by atoms with van der Waals surface area (Å²) in [7, 11) is -2.91. The molecule has 200 valence electrons. The van der Waals surface area contributed by atoms with Crippen LogP contribution in [0.2, 0.25) is 0 Å². The summed E-state index contributed by atoms with van der Waals surface area (Å²) >= 11 is 0. The number of carbonyl (C=O) groups is 1. The predicted octanol–water partition coefficient (Wildman–Crippen LogP) is 6.37. The molecule has 6 nitrogen and oxygen atoms in total. The molecular formula is C29H24F3N3O3S. The highest BCUT2D eigenvalue weighted by atomic mass is 32.2. The lowest BCUT2D eigenvalue weighted by Gasteiger charge is -2.15. The average Bonchev–Trinajstić information content (AvgIpc) is 3.55. The number of aldehydes is 1. The number of H-pyrrole nitrogens is 2. The summed E-state index contributed by atoms with van der Waals surface area (Å²) in [6.07, 6.45) is 5.06. The zero-order valence-corrected chi connectivity index (χ0v) is 21.9. The van der Waals surface area contributed by atoms with E-state index in [4.69, 9.17) is 4.74 Å². The fourth-order valence-corrected chi connectivity index (χ4v) is 5.73. The average molecular weight is 552 g/mol. The van der Waals surface area contributed by atoms with Crippen LogP contribution in [0.4, 0.5) is 13.2 Å². The van der Waals surface area contributed by atoms with Crippen LogP contribution in [0.3, 0.4) is 0 Å². The number of imidazole rings is 1. The van der Waals surface area contributed by atoms with Gasteiger partial charge in [-0.05, 0) is 50.8 Å². The molecule has 0 saturated carbocycles. The van der Waals surface area contributed by atoms with Crippen molar-refractivity contribution in [1.82, 2.24) is 15.0 Å². The van der Waals surface area contributed by atoms with E-state index in [-0.39, 0.29) is 39.8 Å². The molecule has 0 bridgehead atoms. The van der Waals surface area contributed by atoms with E-state index in [2.05, 4.69) is 20.8 Å². The Kier molecular flexibility index (Phi) is 6.82. The molecule has 5 aromatic rings. The molecule has 3 aromatic carbocycles. The first-order valence-corrected chi connectivity index (χ1v) is 14.1. The number of carbonyl (C=O) groups excluding carboxylic acids is 1. The highest BCUT2D eigenvalue weighted by Crippen LogP contribution is 2.38.